The Kier molecular flexibility index (Phi) is 9.10. The molecule has 8 nitrogen and oxygen atoms in total. The van der Waals surface area contributed by atoms with Gasteiger partial charge in [-0.2, -0.15) is 0 Å². The number of hydrogen-bond acceptors (Lipinski definition) is 7. The molecule has 3 aromatic rings. The topological polar surface area (TPSA) is 120 Å². The summed E-state index contributed by atoms with van der Waals surface area (Å²) < 4.78 is 17.2. The molecular weight excluding hydrogens is 480 g/mol. The predicted molar refractivity (Wildman–Crippen MR) is 150 cm³/mol. The number of anilines is 2. The molecule has 1 aromatic heterocycles. The Morgan fingerprint density at radius 2 is 1.97 bits per heavy atom. The maximum Gasteiger partial charge on any atom is 0.255 e. The molecule has 0 saturated carbocycles. The fourth-order valence-electron chi connectivity index (χ4n) is 4.39. The number of hydrogen-bond donors (Lipinski definition) is 3. The molecule has 200 valence electrons. The van der Waals surface area contributed by atoms with Gasteiger partial charge in [-0.15, -0.1) is 0 Å². The van der Waals surface area contributed by atoms with Gasteiger partial charge in [0.05, 0.1) is 12.3 Å². The summed E-state index contributed by atoms with van der Waals surface area (Å²) in [5.74, 6) is 0.705. The van der Waals surface area contributed by atoms with Gasteiger partial charge in [-0.05, 0) is 93.1 Å². The number of aromatic nitrogens is 1. The lowest BCUT2D eigenvalue weighted by Crippen LogP contribution is -2.24. The van der Waals surface area contributed by atoms with Crippen LogP contribution < -0.4 is 15.8 Å². The van der Waals surface area contributed by atoms with Crippen molar-refractivity contribution >= 4 is 23.1 Å². The molecule has 4 N–H and O–H groups in total. The average Bonchev–Trinajstić information content (AvgIpc) is 2.92. The Balaban J connectivity index is 1.42. The Hall–Kier alpha value is -3.75. The molecule has 1 saturated heterocycles. The fraction of sp³-hybridized carbons (Fsp3) is 0.367. The van der Waals surface area contributed by atoms with E-state index in [0.29, 0.717) is 59.4 Å². The Bertz CT molecular complexity index is 1300. The molecule has 2 heterocycles. The van der Waals surface area contributed by atoms with Gasteiger partial charge in [-0.25, -0.2) is 4.98 Å². The van der Waals surface area contributed by atoms with Crippen LogP contribution in [0.5, 0.6) is 5.75 Å². The van der Waals surface area contributed by atoms with Crippen LogP contribution in [0.1, 0.15) is 59.7 Å². The maximum absolute atomic E-state index is 13.1. The highest BCUT2D eigenvalue weighted by Crippen LogP contribution is 2.28. The summed E-state index contributed by atoms with van der Waals surface area (Å²) in [5, 5.41) is 11.0. The number of nitrogens with one attached hydrogen (secondary N) is 2. The third-order valence-corrected chi connectivity index (χ3v) is 6.48. The second-order valence-electron chi connectivity index (χ2n) is 9.50. The van der Waals surface area contributed by atoms with Crippen molar-refractivity contribution in [1.29, 1.82) is 5.41 Å². The van der Waals surface area contributed by atoms with E-state index in [4.69, 9.17) is 25.4 Å². The third-order valence-electron chi connectivity index (χ3n) is 6.48. The molecule has 1 unspecified atom stereocenters. The molecule has 1 amide bonds. The molecule has 8 heteroatoms. The van der Waals surface area contributed by atoms with Crippen molar-refractivity contribution in [3.63, 3.8) is 0 Å². The third kappa shape index (κ3) is 6.96. The van der Waals surface area contributed by atoms with Gasteiger partial charge in [0.25, 0.3) is 5.91 Å². The molecule has 0 bridgehead atoms. The number of amides is 1. The normalized spacial score (nSPS) is 15.2. The zero-order valence-electron chi connectivity index (χ0n) is 22.3. The summed E-state index contributed by atoms with van der Waals surface area (Å²) >= 11 is 0. The number of aryl methyl sites for hydroxylation is 2. The Labute approximate surface area is 224 Å². The van der Waals surface area contributed by atoms with Crippen LogP contribution in [0, 0.1) is 19.3 Å². The second kappa shape index (κ2) is 12.7. The van der Waals surface area contributed by atoms with E-state index in [0.717, 1.165) is 42.6 Å². The van der Waals surface area contributed by atoms with Gasteiger partial charge < -0.3 is 30.7 Å². The molecule has 38 heavy (non-hydrogen) atoms. The number of pyridine rings is 1. The number of ether oxygens (including phenoxy) is 3. The van der Waals surface area contributed by atoms with Crippen LogP contribution in [0.2, 0.25) is 0 Å². The molecule has 1 atom stereocenters. The van der Waals surface area contributed by atoms with Crippen LogP contribution in [-0.4, -0.2) is 42.7 Å². The summed E-state index contributed by atoms with van der Waals surface area (Å²) in [5.41, 5.74) is 11.9. The number of nitrogens with zero attached hydrogens (tertiary/aromatic N) is 1. The van der Waals surface area contributed by atoms with Crippen LogP contribution in [0.25, 0.3) is 11.3 Å². The van der Waals surface area contributed by atoms with E-state index in [1.807, 2.05) is 63.2 Å². The molecule has 1 aliphatic heterocycles. The summed E-state index contributed by atoms with van der Waals surface area (Å²) in [6.07, 6.45) is 3.54. The number of benzene rings is 2. The van der Waals surface area contributed by atoms with Crippen LogP contribution in [0.15, 0.2) is 48.5 Å². The molecule has 1 fully saturated rings. The second-order valence-corrected chi connectivity index (χ2v) is 9.50. The highest BCUT2D eigenvalue weighted by Gasteiger charge is 2.15. The monoisotopic (exact) mass is 516 g/mol. The zero-order valence-corrected chi connectivity index (χ0v) is 22.3. The van der Waals surface area contributed by atoms with Gasteiger partial charge in [0, 0.05) is 34.7 Å². The lowest BCUT2D eigenvalue weighted by atomic mass is 10.0. The summed E-state index contributed by atoms with van der Waals surface area (Å²) in [4.78, 5) is 17.7. The number of rotatable bonds is 10. The minimum Gasteiger partial charge on any atom is -0.491 e. The van der Waals surface area contributed by atoms with Gasteiger partial charge in [0.1, 0.15) is 18.2 Å². The molecule has 0 aliphatic carbocycles. The number of nitrogen functional groups attached to an aromatic ring is 1. The van der Waals surface area contributed by atoms with E-state index in [9.17, 15) is 4.79 Å². The van der Waals surface area contributed by atoms with Crippen molar-refractivity contribution in [2.45, 2.75) is 52.7 Å². The van der Waals surface area contributed by atoms with Crippen molar-refractivity contribution in [3.8, 4) is 17.0 Å². The van der Waals surface area contributed by atoms with Gasteiger partial charge in [-0.1, -0.05) is 13.0 Å². The van der Waals surface area contributed by atoms with E-state index in [-0.39, 0.29) is 12.2 Å². The predicted octanol–water partition coefficient (Wildman–Crippen LogP) is 5.90. The summed E-state index contributed by atoms with van der Waals surface area (Å²) in [7, 11) is 0. The highest BCUT2D eigenvalue weighted by atomic mass is 16.7. The van der Waals surface area contributed by atoms with Crippen molar-refractivity contribution in [1.82, 2.24) is 4.98 Å². The maximum atomic E-state index is 13.1. The Morgan fingerprint density at radius 3 is 2.71 bits per heavy atom. The first-order valence-corrected chi connectivity index (χ1v) is 13.1. The van der Waals surface area contributed by atoms with E-state index >= 15 is 0 Å². The standard InChI is InChI=1S/C30H36N4O4/c1-4-26(31)24-10-11-27(34-29(24)32)25-18-22(9-8-20(25)3)33-30(35)21-15-19(2)16-23(17-21)36-13-14-38-28-7-5-6-12-37-28/h8-11,15-18,28,31H,4-7,12-14H2,1-3H3,(H2,32,34)(H,33,35). The zero-order chi connectivity index (χ0) is 27.1. The van der Waals surface area contributed by atoms with Crippen LogP contribution in [0.4, 0.5) is 11.5 Å². The largest absolute Gasteiger partial charge is 0.491 e. The first-order chi connectivity index (χ1) is 18.3. The van der Waals surface area contributed by atoms with E-state index in [2.05, 4.69) is 10.3 Å². The number of carbonyl (C=O) groups excluding carboxylic acids is 1. The molecule has 0 radical (unpaired) electrons. The molecule has 4 rings (SSSR count). The summed E-state index contributed by atoms with van der Waals surface area (Å²) in [6, 6.07) is 14.8. The number of carbonyl (C=O) groups is 1. The van der Waals surface area contributed by atoms with E-state index in [1.165, 1.54) is 0 Å². The van der Waals surface area contributed by atoms with Gasteiger partial charge in [0.2, 0.25) is 0 Å². The van der Waals surface area contributed by atoms with E-state index in [1.54, 1.807) is 6.07 Å². The van der Waals surface area contributed by atoms with Crippen molar-refractivity contribution in [2.75, 3.05) is 30.9 Å². The minimum absolute atomic E-state index is 0.153. The van der Waals surface area contributed by atoms with Crippen LogP contribution in [-0.2, 0) is 9.47 Å². The fourth-order valence-corrected chi connectivity index (χ4v) is 4.39. The van der Waals surface area contributed by atoms with Crippen LogP contribution >= 0.6 is 0 Å². The SMILES string of the molecule is CCC(=N)c1ccc(-c2cc(NC(=O)c3cc(C)cc(OCCOC4CCCCO4)c3)ccc2C)nc1N. The lowest BCUT2D eigenvalue weighted by Gasteiger charge is -2.22. The van der Waals surface area contributed by atoms with Gasteiger partial charge >= 0.3 is 0 Å². The molecule has 2 aromatic carbocycles. The summed E-state index contributed by atoms with van der Waals surface area (Å²) in [6.45, 7) is 7.36. The quantitative estimate of drug-likeness (QED) is 0.228. The molecular formula is C30H36N4O4. The van der Waals surface area contributed by atoms with Gasteiger partial charge in [-0.3, -0.25) is 4.79 Å². The first-order valence-electron chi connectivity index (χ1n) is 13.1. The van der Waals surface area contributed by atoms with E-state index < -0.39 is 0 Å². The minimum atomic E-state index is -0.237. The molecule has 0 spiro atoms. The van der Waals surface area contributed by atoms with Gasteiger partial charge in [0.15, 0.2) is 6.29 Å². The Morgan fingerprint density at radius 1 is 1.13 bits per heavy atom. The van der Waals surface area contributed by atoms with Crippen molar-refractivity contribution < 1.29 is 19.0 Å². The van der Waals surface area contributed by atoms with Crippen molar-refractivity contribution in [2.24, 2.45) is 0 Å². The molecule has 1 aliphatic rings. The number of nitrogens with two attached hydrogens (primary N) is 1. The first kappa shape index (κ1) is 27.3. The smallest absolute Gasteiger partial charge is 0.255 e. The van der Waals surface area contributed by atoms with Crippen molar-refractivity contribution in [3.05, 3.63) is 70.8 Å². The average molecular weight is 517 g/mol. The van der Waals surface area contributed by atoms with Crippen LogP contribution in [0.3, 0.4) is 0 Å². The lowest BCUT2D eigenvalue weighted by molar-refractivity contribution is -0.165. The highest BCUT2D eigenvalue weighted by molar-refractivity contribution is 6.05.